The van der Waals surface area contributed by atoms with Crippen LogP contribution in [-0.4, -0.2) is 28.9 Å². The third-order valence-electron chi connectivity index (χ3n) is 4.07. The van der Waals surface area contributed by atoms with E-state index in [1.807, 2.05) is 44.3 Å². The summed E-state index contributed by atoms with van der Waals surface area (Å²) in [4.78, 5) is 27.6. The van der Waals surface area contributed by atoms with Gasteiger partial charge in [-0.2, -0.15) is 0 Å². The van der Waals surface area contributed by atoms with E-state index in [2.05, 4.69) is 15.6 Å². The number of benzene rings is 1. The number of carbonyl (C=O) groups excluding carboxylic acids is 2. The smallest absolute Gasteiger partial charge is 0.243 e. The van der Waals surface area contributed by atoms with Crippen LogP contribution in [0.1, 0.15) is 25.8 Å². The number of nitrogens with one attached hydrogen (secondary N) is 3. The molecule has 2 heterocycles. The van der Waals surface area contributed by atoms with Gasteiger partial charge in [0.1, 0.15) is 12.1 Å². The van der Waals surface area contributed by atoms with Gasteiger partial charge >= 0.3 is 0 Å². The van der Waals surface area contributed by atoms with Crippen molar-refractivity contribution < 1.29 is 9.59 Å². The molecular formula is C17H21N3O2. The van der Waals surface area contributed by atoms with Crippen LogP contribution in [0.3, 0.4) is 0 Å². The third kappa shape index (κ3) is 2.84. The minimum absolute atomic E-state index is 0.0851. The van der Waals surface area contributed by atoms with Gasteiger partial charge in [0.15, 0.2) is 0 Å². The van der Waals surface area contributed by atoms with Crippen molar-refractivity contribution in [3.63, 3.8) is 0 Å². The van der Waals surface area contributed by atoms with Crippen molar-refractivity contribution in [3.8, 4) is 0 Å². The monoisotopic (exact) mass is 299 g/mol. The van der Waals surface area contributed by atoms with Gasteiger partial charge in [-0.25, -0.2) is 0 Å². The molecule has 1 aromatic heterocycles. The molecule has 2 atom stereocenters. The number of carbonyl (C=O) groups is 2. The van der Waals surface area contributed by atoms with Crippen molar-refractivity contribution in [3.05, 3.63) is 36.0 Å². The molecule has 22 heavy (non-hydrogen) atoms. The summed E-state index contributed by atoms with van der Waals surface area (Å²) in [5, 5.41) is 6.80. The van der Waals surface area contributed by atoms with Crippen molar-refractivity contribution in [2.75, 3.05) is 0 Å². The molecule has 0 radical (unpaired) electrons. The van der Waals surface area contributed by atoms with Crippen LogP contribution < -0.4 is 10.6 Å². The Balaban J connectivity index is 1.74. The Morgan fingerprint density at radius 1 is 1.05 bits per heavy atom. The van der Waals surface area contributed by atoms with Gasteiger partial charge in [-0.1, -0.05) is 32.0 Å². The van der Waals surface area contributed by atoms with Gasteiger partial charge < -0.3 is 15.6 Å². The molecule has 1 saturated heterocycles. The van der Waals surface area contributed by atoms with Gasteiger partial charge in [0.25, 0.3) is 0 Å². The van der Waals surface area contributed by atoms with E-state index in [0.717, 1.165) is 16.5 Å². The number of piperazine rings is 1. The van der Waals surface area contributed by atoms with E-state index in [-0.39, 0.29) is 11.8 Å². The zero-order valence-electron chi connectivity index (χ0n) is 12.8. The zero-order chi connectivity index (χ0) is 15.7. The number of rotatable bonds is 4. The Kier molecular flexibility index (Phi) is 3.88. The second-order valence-electron chi connectivity index (χ2n) is 6.32. The van der Waals surface area contributed by atoms with Crippen molar-refractivity contribution in [2.45, 2.75) is 38.8 Å². The van der Waals surface area contributed by atoms with E-state index < -0.39 is 12.1 Å². The summed E-state index contributed by atoms with van der Waals surface area (Å²) < 4.78 is 0. The highest BCUT2D eigenvalue weighted by molar-refractivity contribution is 5.97. The lowest BCUT2D eigenvalue weighted by molar-refractivity contribution is -0.137. The molecule has 1 aliphatic rings. The molecule has 1 aromatic carbocycles. The lowest BCUT2D eigenvalue weighted by Gasteiger charge is -2.30. The maximum absolute atomic E-state index is 12.3. The highest BCUT2D eigenvalue weighted by Crippen LogP contribution is 2.20. The molecular weight excluding hydrogens is 278 g/mol. The number of aromatic amines is 1. The Morgan fingerprint density at radius 3 is 2.50 bits per heavy atom. The average Bonchev–Trinajstić information content (AvgIpc) is 2.87. The predicted molar refractivity (Wildman–Crippen MR) is 85.3 cm³/mol. The Morgan fingerprint density at radius 2 is 1.73 bits per heavy atom. The number of H-pyrrole nitrogens is 1. The van der Waals surface area contributed by atoms with Gasteiger partial charge in [0.2, 0.25) is 11.8 Å². The molecule has 1 fully saturated rings. The van der Waals surface area contributed by atoms with E-state index in [1.165, 1.54) is 0 Å². The standard InChI is InChI=1S/C17H21N3O2/c1-10(2)7-14-16(21)20-15(17(22)19-14)8-11-9-18-13-6-4-3-5-12(11)13/h3-6,9-10,14-15,18H,7-8H2,1-2H3,(H,19,22)(H,20,21)/t14-,15+/m0/s1. The summed E-state index contributed by atoms with van der Waals surface area (Å²) in [6.45, 7) is 4.08. The fourth-order valence-electron chi connectivity index (χ4n) is 2.98. The predicted octanol–water partition coefficient (Wildman–Crippen LogP) is 1.74. The van der Waals surface area contributed by atoms with Crippen molar-refractivity contribution in [1.82, 2.24) is 15.6 Å². The van der Waals surface area contributed by atoms with Gasteiger partial charge in [-0.3, -0.25) is 9.59 Å². The molecule has 3 N–H and O–H groups in total. The van der Waals surface area contributed by atoms with Crippen molar-refractivity contribution >= 4 is 22.7 Å². The van der Waals surface area contributed by atoms with Gasteiger partial charge in [-0.15, -0.1) is 0 Å². The highest BCUT2D eigenvalue weighted by Gasteiger charge is 2.34. The molecule has 1 aliphatic heterocycles. The minimum atomic E-state index is -0.505. The fourth-order valence-corrected chi connectivity index (χ4v) is 2.98. The summed E-state index contributed by atoms with van der Waals surface area (Å²) in [5.74, 6) is 0.176. The van der Waals surface area contributed by atoms with Gasteiger partial charge in [-0.05, 0) is 24.0 Å². The number of fused-ring (bicyclic) bond motifs is 1. The number of aromatic nitrogens is 1. The molecule has 3 rings (SSSR count). The largest absolute Gasteiger partial charge is 0.361 e. The highest BCUT2D eigenvalue weighted by atomic mass is 16.2. The van der Waals surface area contributed by atoms with Gasteiger partial charge in [0.05, 0.1) is 0 Å². The first kappa shape index (κ1) is 14.6. The second-order valence-corrected chi connectivity index (χ2v) is 6.32. The fraction of sp³-hybridized carbons (Fsp3) is 0.412. The SMILES string of the molecule is CC(C)C[C@@H]1NC(=O)[C@@H](Cc2c[nH]c3ccccc23)NC1=O. The third-order valence-corrected chi connectivity index (χ3v) is 4.07. The van der Waals surface area contributed by atoms with E-state index in [9.17, 15) is 9.59 Å². The molecule has 116 valence electrons. The number of para-hydroxylation sites is 1. The van der Waals surface area contributed by atoms with E-state index in [0.29, 0.717) is 18.8 Å². The van der Waals surface area contributed by atoms with Crippen LogP contribution in [0.5, 0.6) is 0 Å². The maximum Gasteiger partial charge on any atom is 0.243 e. The van der Waals surface area contributed by atoms with Crippen LogP contribution >= 0.6 is 0 Å². The number of hydrogen-bond donors (Lipinski definition) is 3. The van der Waals surface area contributed by atoms with Crippen molar-refractivity contribution in [2.24, 2.45) is 5.92 Å². The van der Waals surface area contributed by atoms with Crippen LogP contribution in [0.2, 0.25) is 0 Å². The molecule has 0 spiro atoms. The summed E-state index contributed by atoms with van der Waals surface area (Å²) >= 11 is 0. The molecule has 5 nitrogen and oxygen atoms in total. The Bertz CT molecular complexity index is 705. The molecule has 0 bridgehead atoms. The first-order valence-corrected chi connectivity index (χ1v) is 7.70. The van der Waals surface area contributed by atoms with Crippen LogP contribution in [0.4, 0.5) is 0 Å². The van der Waals surface area contributed by atoms with E-state index >= 15 is 0 Å². The van der Waals surface area contributed by atoms with E-state index in [1.54, 1.807) is 0 Å². The molecule has 0 saturated carbocycles. The number of amides is 2. The Labute approximate surface area is 129 Å². The minimum Gasteiger partial charge on any atom is -0.361 e. The van der Waals surface area contributed by atoms with Crippen LogP contribution in [0.25, 0.3) is 10.9 Å². The summed E-state index contributed by atoms with van der Waals surface area (Å²) in [7, 11) is 0. The average molecular weight is 299 g/mol. The lowest BCUT2D eigenvalue weighted by atomic mass is 9.97. The topological polar surface area (TPSA) is 74.0 Å². The van der Waals surface area contributed by atoms with Crippen molar-refractivity contribution in [1.29, 1.82) is 0 Å². The second kappa shape index (κ2) is 5.83. The van der Waals surface area contributed by atoms with Crippen LogP contribution in [0, 0.1) is 5.92 Å². The summed E-state index contributed by atoms with van der Waals surface area (Å²) in [6, 6.07) is 7.04. The van der Waals surface area contributed by atoms with Crippen LogP contribution in [0.15, 0.2) is 30.5 Å². The first-order valence-electron chi connectivity index (χ1n) is 7.70. The van der Waals surface area contributed by atoms with Crippen LogP contribution in [-0.2, 0) is 16.0 Å². The van der Waals surface area contributed by atoms with Gasteiger partial charge in [0, 0.05) is 23.5 Å². The molecule has 2 amide bonds. The first-order chi connectivity index (χ1) is 10.5. The summed E-state index contributed by atoms with van der Waals surface area (Å²) in [5.41, 5.74) is 2.08. The van der Waals surface area contributed by atoms with E-state index in [4.69, 9.17) is 0 Å². The summed E-state index contributed by atoms with van der Waals surface area (Å²) in [6.07, 6.45) is 3.07. The lowest BCUT2D eigenvalue weighted by Crippen LogP contribution is -2.62. The Hall–Kier alpha value is -2.30. The quantitative estimate of drug-likeness (QED) is 0.804. The molecule has 2 aromatic rings. The number of hydrogen-bond acceptors (Lipinski definition) is 2. The molecule has 5 heteroatoms. The zero-order valence-corrected chi connectivity index (χ0v) is 12.8. The normalized spacial score (nSPS) is 22.0. The molecule has 0 aliphatic carbocycles. The molecule has 0 unspecified atom stereocenters. The maximum atomic E-state index is 12.3.